The number of nitrogens with one attached hydrogen (secondary N) is 1. The molecule has 0 aliphatic heterocycles. The van der Waals surface area contributed by atoms with E-state index in [4.69, 9.17) is 0 Å². The van der Waals surface area contributed by atoms with Gasteiger partial charge in [0.2, 0.25) is 5.91 Å². The minimum Gasteiger partial charge on any atom is -0.356 e. The van der Waals surface area contributed by atoms with E-state index in [-0.39, 0.29) is 5.91 Å². The van der Waals surface area contributed by atoms with E-state index in [1.165, 1.54) is 22.3 Å². The molecule has 0 saturated carbocycles. The second-order valence-corrected chi connectivity index (χ2v) is 5.50. The fourth-order valence-electron chi connectivity index (χ4n) is 2.30. The number of carbonyl (C=O) groups is 1. The first-order valence-corrected chi connectivity index (χ1v) is 7.52. The highest BCUT2D eigenvalue weighted by molar-refractivity contribution is 5.76. The van der Waals surface area contributed by atoms with Crippen LogP contribution in [0.4, 0.5) is 0 Å². The Morgan fingerprint density at radius 2 is 1.67 bits per heavy atom. The Kier molecular flexibility index (Phi) is 5.56. The van der Waals surface area contributed by atoms with Crippen molar-refractivity contribution >= 4 is 5.91 Å². The van der Waals surface area contributed by atoms with E-state index in [1.54, 1.807) is 0 Å². The van der Waals surface area contributed by atoms with Crippen molar-refractivity contribution in [1.29, 1.82) is 0 Å². The number of carbonyl (C=O) groups excluding carboxylic acids is 1. The standard InChI is InChI=1S/C19H23NO/c1-15-8-9-18(14-16(15)2)10-11-19(21)20-13-12-17-6-4-3-5-7-17/h3-9,14H,10-13H2,1-2H3,(H,20,21). The molecular weight excluding hydrogens is 258 g/mol. The summed E-state index contributed by atoms with van der Waals surface area (Å²) in [6, 6.07) is 16.6. The summed E-state index contributed by atoms with van der Waals surface area (Å²) in [5, 5.41) is 2.99. The van der Waals surface area contributed by atoms with Crippen LogP contribution in [0.2, 0.25) is 0 Å². The van der Waals surface area contributed by atoms with Crippen LogP contribution in [0.3, 0.4) is 0 Å². The van der Waals surface area contributed by atoms with Crippen molar-refractivity contribution in [3.05, 3.63) is 70.8 Å². The summed E-state index contributed by atoms with van der Waals surface area (Å²) in [6.07, 6.45) is 2.24. The fraction of sp³-hybridized carbons (Fsp3) is 0.316. The number of hydrogen-bond donors (Lipinski definition) is 1. The Balaban J connectivity index is 1.71. The number of benzene rings is 2. The van der Waals surface area contributed by atoms with Gasteiger partial charge in [-0.2, -0.15) is 0 Å². The maximum atomic E-state index is 11.8. The third kappa shape index (κ3) is 5.07. The molecule has 2 nitrogen and oxygen atoms in total. The lowest BCUT2D eigenvalue weighted by Crippen LogP contribution is -2.25. The molecule has 2 heteroatoms. The lowest BCUT2D eigenvalue weighted by Gasteiger charge is -2.07. The van der Waals surface area contributed by atoms with Crippen molar-refractivity contribution in [3.8, 4) is 0 Å². The van der Waals surface area contributed by atoms with Gasteiger partial charge in [-0.1, -0.05) is 48.5 Å². The van der Waals surface area contributed by atoms with Crippen molar-refractivity contribution in [3.63, 3.8) is 0 Å². The van der Waals surface area contributed by atoms with Gasteiger partial charge in [0.05, 0.1) is 0 Å². The third-order valence-electron chi connectivity index (χ3n) is 3.79. The van der Waals surface area contributed by atoms with Crippen LogP contribution >= 0.6 is 0 Å². The van der Waals surface area contributed by atoms with E-state index in [9.17, 15) is 4.79 Å². The van der Waals surface area contributed by atoms with E-state index in [0.717, 1.165) is 12.8 Å². The number of hydrogen-bond acceptors (Lipinski definition) is 1. The van der Waals surface area contributed by atoms with Crippen LogP contribution in [0.1, 0.15) is 28.7 Å². The Morgan fingerprint density at radius 3 is 2.38 bits per heavy atom. The van der Waals surface area contributed by atoms with Gasteiger partial charge in [-0.15, -0.1) is 0 Å². The zero-order valence-corrected chi connectivity index (χ0v) is 12.9. The zero-order valence-electron chi connectivity index (χ0n) is 12.9. The fourth-order valence-corrected chi connectivity index (χ4v) is 2.30. The molecule has 0 saturated heterocycles. The summed E-state index contributed by atoms with van der Waals surface area (Å²) in [5.41, 5.74) is 5.08. The molecule has 0 radical (unpaired) electrons. The second-order valence-electron chi connectivity index (χ2n) is 5.50. The van der Waals surface area contributed by atoms with Crippen molar-refractivity contribution in [2.45, 2.75) is 33.1 Å². The third-order valence-corrected chi connectivity index (χ3v) is 3.79. The Hall–Kier alpha value is -2.09. The lowest BCUT2D eigenvalue weighted by atomic mass is 10.0. The van der Waals surface area contributed by atoms with Gasteiger partial charge in [-0.25, -0.2) is 0 Å². The number of amides is 1. The molecule has 0 aliphatic rings. The van der Waals surface area contributed by atoms with Gasteiger partial charge in [-0.05, 0) is 48.9 Å². The SMILES string of the molecule is Cc1ccc(CCC(=O)NCCc2ccccc2)cc1C. The molecule has 0 unspecified atom stereocenters. The molecule has 0 spiro atoms. The normalized spacial score (nSPS) is 10.4. The molecular formula is C19H23NO. The summed E-state index contributed by atoms with van der Waals surface area (Å²) in [7, 11) is 0. The molecule has 0 aromatic heterocycles. The molecule has 1 N–H and O–H groups in total. The van der Waals surface area contributed by atoms with Gasteiger partial charge in [0.1, 0.15) is 0 Å². The Labute approximate surface area is 127 Å². The van der Waals surface area contributed by atoms with Crippen LogP contribution in [0.25, 0.3) is 0 Å². The molecule has 2 rings (SSSR count). The first-order valence-electron chi connectivity index (χ1n) is 7.52. The van der Waals surface area contributed by atoms with E-state index < -0.39 is 0 Å². The van der Waals surface area contributed by atoms with Gasteiger partial charge in [0, 0.05) is 13.0 Å². The van der Waals surface area contributed by atoms with Crippen LogP contribution in [-0.2, 0) is 17.6 Å². The number of aryl methyl sites for hydroxylation is 3. The minimum absolute atomic E-state index is 0.129. The van der Waals surface area contributed by atoms with E-state index in [0.29, 0.717) is 13.0 Å². The largest absolute Gasteiger partial charge is 0.356 e. The molecule has 2 aromatic rings. The summed E-state index contributed by atoms with van der Waals surface area (Å²) >= 11 is 0. The van der Waals surface area contributed by atoms with Crippen molar-refractivity contribution < 1.29 is 4.79 Å². The predicted molar refractivity (Wildman–Crippen MR) is 87.4 cm³/mol. The predicted octanol–water partition coefficient (Wildman–Crippen LogP) is 3.59. The van der Waals surface area contributed by atoms with Gasteiger partial charge in [0.15, 0.2) is 0 Å². The Morgan fingerprint density at radius 1 is 0.905 bits per heavy atom. The van der Waals surface area contributed by atoms with Crippen molar-refractivity contribution in [1.82, 2.24) is 5.32 Å². The first kappa shape index (κ1) is 15.3. The van der Waals surface area contributed by atoms with Crippen LogP contribution in [0.5, 0.6) is 0 Å². The molecule has 0 aliphatic carbocycles. The molecule has 2 aromatic carbocycles. The quantitative estimate of drug-likeness (QED) is 0.861. The van der Waals surface area contributed by atoms with Gasteiger partial charge in [0.25, 0.3) is 0 Å². The second kappa shape index (κ2) is 7.63. The molecule has 110 valence electrons. The summed E-state index contributed by atoms with van der Waals surface area (Å²) in [4.78, 5) is 11.8. The molecule has 21 heavy (non-hydrogen) atoms. The topological polar surface area (TPSA) is 29.1 Å². The minimum atomic E-state index is 0.129. The van der Waals surface area contributed by atoms with E-state index in [1.807, 2.05) is 18.2 Å². The van der Waals surface area contributed by atoms with Gasteiger partial charge >= 0.3 is 0 Å². The zero-order chi connectivity index (χ0) is 15.1. The summed E-state index contributed by atoms with van der Waals surface area (Å²) < 4.78 is 0. The maximum absolute atomic E-state index is 11.8. The lowest BCUT2D eigenvalue weighted by molar-refractivity contribution is -0.121. The highest BCUT2D eigenvalue weighted by atomic mass is 16.1. The smallest absolute Gasteiger partial charge is 0.220 e. The summed E-state index contributed by atoms with van der Waals surface area (Å²) in [5.74, 6) is 0.129. The van der Waals surface area contributed by atoms with Gasteiger partial charge < -0.3 is 5.32 Å². The average molecular weight is 281 g/mol. The first-order chi connectivity index (χ1) is 10.1. The van der Waals surface area contributed by atoms with Crippen LogP contribution < -0.4 is 5.32 Å². The molecule has 0 bridgehead atoms. The van der Waals surface area contributed by atoms with Crippen molar-refractivity contribution in [2.75, 3.05) is 6.54 Å². The van der Waals surface area contributed by atoms with Crippen LogP contribution in [0.15, 0.2) is 48.5 Å². The van der Waals surface area contributed by atoms with E-state index >= 15 is 0 Å². The van der Waals surface area contributed by atoms with E-state index in [2.05, 4.69) is 49.5 Å². The van der Waals surface area contributed by atoms with Crippen molar-refractivity contribution in [2.24, 2.45) is 0 Å². The van der Waals surface area contributed by atoms with Crippen LogP contribution in [0, 0.1) is 13.8 Å². The maximum Gasteiger partial charge on any atom is 0.220 e. The highest BCUT2D eigenvalue weighted by Gasteiger charge is 2.03. The molecule has 0 fully saturated rings. The average Bonchev–Trinajstić information content (AvgIpc) is 2.49. The molecule has 1 amide bonds. The highest BCUT2D eigenvalue weighted by Crippen LogP contribution is 2.11. The molecule has 0 atom stereocenters. The Bertz CT molecular complexity index is 590. The number of rotatable bonds is 6. The monoisotopic (exact) mass is 281 g/mol. The molecule has 0 heterocycles. The summed E-state index contributed by atoms with van der Waals surface area (Å²) in [6.45, 7) is 4.92. The van der Waals surface area contributed by atoms with Gasteiger partial charge in [-0.3, -0.25) is 4.79 Å². The van der Waals surface area contributed by atoms with Crippen LogP contribution in [-0.4, -0.2) is 12.5 Å².